The number of nitrogens with one attached hydrogen (secondary N) is 1. The fourth-order valence-corrected chi connectivity index (χ4v) is 2.08. The van der Waals surface area contributed by atoms with Crippen LogP contribution >= 0.6 is 0 Å². The molecule has 19 heavy (non-hydrogen) atoms. The van der Waals surface area contributed by atoms with Gasteiger partial charge in [0.25, 0.3) is 0 Å². The lowest BCUT2D eigenvalue weighted by atomic mass is 10.0. The Morgan fingerprint density at radius 1 is 1.32 bits per heavy atom. The molecule has 1 aromatic rings. The van der Waals surface area contributed by atoms with Gasteiger partial charge in [-0.2, -0.15) is 0 Å². The highest BCUT2D eigenvalue weighted by molar-refractivity contribution is 5.78. The molecule has 1 amide bonds. The van der Waals surface area contributed by atoms with E-state index < -0.39 is 0 Å². The van der Waals surface area contributed by atoms with E-state index in [2.05, 4.69) is 17.2 Å². The summed E-state index contributed by atoms with van der Waals surface area (Å²) in [5.41, 5.74) is 4.23. The number of benzene rings is 1. The molecule has 5 heteroatoms. The maximum atomic E-state index is 11.4. The van der Waals surface area contributed by atoms with Crippen LogP contribution in [-0.4, -0.2) is 35.6 Å². The molecule has 0 heterocycles. The first-order chi connectivity index (χ1) is 9.21. The molecule has 0 saturated heterocycles. The molecule has 0 fully saturated rings. The van der Waals surface area contributed by atoms with Crippen molar-refractivity contribution in [2.45, 2.75) is 26.3 Å². The minimum Gasteiger partial charge on any atom is -0.395 e. The van der Waals surface area contributed by atoms with Gasteiger partial charge in [0.1, 0.15) is 0 Å². The van der Waals surface area contributed by atoms with Crippen LogP contribution in [0.4, 0.5) is 0 Å². The lowest BCUT2D eigenvalue weighted by Crippen LogP contribution is -2.32. The van der Waals surface area contributed by atoms with Crippen LogP contribution in [-0.2, 0) is 17.8 Å². The first kappa shape index (κ1) is 15.6. The van der Waals surface area contributed by atoms with Gasteiger partial charge >= 0.3 is 0 Å². The quantitative estimate of drug-likeness (QED) is 0.362. The third-order valence-electron chi connectivity index (χ3n) is 2.98. The van der Waals surface area contributed by atoms with E-state index in [1.165, 1.54) is 0 Å². The lowest BCUT2D eigenvalue weighted by molar-refractivity contribution is -0.120. The lowest BCUT2D eigenvalue weighted by Gasteiger charge is -2.22. The van der Waals surface area contributed by atoms with Crippen molar-refractivity contribution in [3.05, 3.63) is 35.4 Å². The number of rotatable bonds is 8. The normalized spacial score (nSPS) is 10.7. The van der Waals surface area contributed by atoms with E-state index in [9.17, 15) is 4.79 Å². The molecular weight excluding hydrogens is 242 g/mol. The van der Waals surface area contributed by atoms with Gasteiger partial charge in [-0.05, 0) is 24.1 Å². The van der Waals surface area contributed by atoms with E-state index in [1.807, 2.05) is 24.3 Å². The predicted octanol–water partition coefficient (Wildman–Crippen LogP) is 0.423. The van der Waals surface area contributed by atoms with E-state index in [-0.39, 0.29) is 18.9 Å². The number of hydrazine groups is 1. The third kappa shape index (κ3) is 5.38. The van der Waals surface area contributed by atoms with Gasteiger partial charge in [-0.25, -0.2) is 5.84 Å². The van der Waals surface area contributed by atoms with Gasteiger partial charge in [0.2, 0.25) is 5.91 Å². The molecule has 106 valence electrons. The van der Waals surface area contributed by atoms with Crippen molar-refractivity contribution in [2.24, 2.45) is 5.84 Å². The minimum absolute atomic E-state index is 0.144. The van der Waals surface area contributed by atoms with Gasteiger partial charge in [-0.3, -0.25) is 15.1 Å². The van der Waals surface area contributed by atoms with Gasteiger partial charge in [0.15, 0.2) is 0 Å². The number of hydrogen-bond acceptors (Lipinski definition) is 4. The zero-order chi connectivity index (χ0) is 14.1. The molecule has 0 aromatic heterocycles. The standard InChI is InChI=1S/C14H23N3O2/c1-2-7-17(8-9-18)11-13-6-4-3-5-12(13)10-14(19)16-15/h3-6,18H,2,7-11,15H2,1H3,(H,16,19). The Hall–Kier alpha value is -1.43. The van der Waals surface area contributed by atoms with Crippen LogP contribution in [0.15, 0.2) is 24.3 Å². The molecule has 5 nitrogen and oxygen atoms in total. The molecule has 1 aromatic carbocycles. The second-order valence-corrected chi connectivity index (χ2v) is 4.51. The fourth-order valence-electron chi connectivity index (χ4n) is 2.08. The van der Waals surface area contributed by atoms with Crippen LogP contribution in [0.5, 0.6) is 0 Å². The summed E-state index contributed by atoms with van der Waals surface area (Å²) < 4.78 is 0. The van der Waals surface area contributed by atoms with Crippen molar-refractivity contribution in [1.82, 2.24) is 10.3 Å². The summed E-state index contributed by atoms with van der Waals surface area (Å²) in [4.78, 5) is 13.6. The molecule has 0 saturated carbocycles. The van der Waals surface area contributed by atoms with Crippen LogP contribution in [0.2, 0.25) is 0 Å². The van der Waals surface area contributed by atoms with E-state index in [0.29, 0.717) is 6.54 Å². The Labute approximate surface area is 114 Å². The third-order valence-corrected chi connectivity index (χ3v) is 2.98. The summed E-state index contributed by atoms with van der Waals surface area (Å²) >= 11 is 0. The monoisotopic (exact) mass is 265 g/mol. The van der Waals surface area contributed by atoms with Gasteiger partial charge in [-0.15, -0.1) is 0 Å². The minimum atomic E-state index is -0.198. The van der Waals surface area contributed by atoms with Crippen LogP contribution in [0.1, 0.15) is 24.5 Å². The molecular formula is C14H23N3O2. The first-order valence-corrected chi connectivity index (χ1v) is 6.60. The molecule has 0 aliphatic rings. The summed E-state index contributed by atoms with van der Waals surface area (Å²) in [5.74, 6) is 4.93. The smallest absolute Gasteiger partial charge is 0.238 e. The number of hydrogen-bond donors (Lipinski definition) is 3. The van der Waals surface area contributed by atoms with Crippen molar-refractivity contribution in [3.8, 4) is 0 Å². The maximum absolute atomic E-state index is 11.4. The summed E-state index contributed by atoms with van der Waals surface area (Å²) in [6.07, 6.45) is 1.32. The summed E-state index contributed by atoms with van der Waals surface area (Å²) in [6.45, 7) is 4.56. The van der Waals surface area contributed by atoms with Crippen molar-refractivity contribution in [1.29, 1.82) is 0 Å². The van der Waals surface area contributed by atoms with Gasteiger partial charge in [-0.1, -0.05) is 31.2 Å². The number of nitrogens with zero attached hydrogens (tertiary/aromatic N) is 1. The number of amides is 1. The molecule has 4 N–H and O–H groups in total. The van der Waals surface area contributed by atoms with Crippen LogP contribution in [0.3, 0.4) is 0 Å². The molecule has 0 radical (unpaired) electrons. The number of aliphatic hydroxyl groups is 1. The van der Waals surface area contributed by atoms with Gasteiger partial charge < -0.3 is 5.11 Å². The molecule has 0 atom stereocenters. The fraction of sp³-hybridized carbons (Fsp3) is 0.500. The highest BCUT2D eigenvalue weighted by atomic mass is 16.3. The highest BCUT2D eigenvalue weighted by Crippen LogP contribution is 2.12. The van der Waals surface area contributed by atoms with Crippen molar-refractivity contribution < 1.29 is 9.90 Å². The molecule has 0 aliphatic carbocycles. The van der Waals surface area contributed by atoms with Gasteiger partial charge in [0, 0.05) is 13.1 Å². The number of carbonyl (C=O) groups excluding carboxylic acids is 1. The Morgan fingerprint density at radius 2 is 2.00 bits per heavy atom. The maximum Gasteiger partial charge on any atom is 0.238 e. The Kier molecular flexibility index (Phi) is 7.10. The summed E-state index contributed by atoms with van der Waals surface area (Å²) in [7, 11) is 0. The second-order valence-electron chi connectivity index (χ2n) is 4.51. The number of aliphatic hydroxyl groups excluding tert-OH is 1. The van der Waals surface area contributed by atoms with Crippen LogP contribution in [0.25, 0.3) is 0 Å². The summed E-state index contributed by atoms with van der Waals surface area (Å²) in [6, 6.07) is 7.83. The zero-order valence-electron chi connectivity index (χ0n) is 11.4. The van der Waals surface area contributed by atoms with E-state index in [4.69, 9.17) is 10.9 Å². The molecule has 0 spiro atoms. The van der Waals surface area contributed by atoms with E-state index in [0.717, 1.165) is 30.6 Å². The van der Waals surface area contributed by atoms with Gasteiger partial charge in [0.05, 0.1) is 13.0 Å². The number of nitrogens with two attached hydrogens (primary N) is 1. The molecule has 0 bridgehead atoms. The van der Waals surface area contributed by atoms with Crippen LogP contribution in [0, 0.1) is 0 Å². The number of carbonyl (C=O) groups is 1. The van der Waals surface area contributed by atoms with Crippen molar-refractivity contribution >= 4 is 5.91 Å². The predicted molar refractivity (Wildman–Crippen MR) is 75.1 cm³/mol. The Bertz CT molecular complexity index is 390. The second kappa shape index (κ2) is 8.63. The van der Waals surface area contributed by atoms with Crippen LogP contribution < -0.4 is 11.3 Å². The molecule has 0 unspecified atom stereocenters. The topological polar surface area (TPSA) is 78.6 Å². The summed E-state index contributed by atoms with van der Waals surface area (Å²) in [5, 5.41) is 9.07. The average Bonchev–Trinajstić information content (AvgIpc) is 2.41. The highest BCUT2D eigenvalue weighted by Gasteiger charge is 2.10. The molecule has 0 aliphatic heterocycles. The Balaban J connectivity index is 2.77. The first-order valence-electron chi connectivity index (χ1n) is 6.60. The molecule has 1 rings (SSSR count). The average molecular weight is 265 g/mol. The Morgan fingerprint density at radius 3 is 2.58 bits per heavy atom. The largest absolute Gasteiger partial charge is 0.395 e. The van der Waals surface area contributed by atoms with E-state index in [1.54, 1.807) is 0 Å². The van der Waals surface area contributed by atoms with Crippen molar-refractivity contribution in [2.75, 3.05) is 19.7 Å². The van der Waals surface area contributed by atoms with Crippen molar-refractivity contribution in [3.63, 3.8) is 0 Å². The van der Waals surface area contributed by atoms with E-state index >= 15 is 0 Å². The zero-order valence-corrected chi connectivity index (χ0v) is 11.4. The SMILES string of the molecule is CCCN(CCO)Cc1ccccc1CC(=O)NN.